The van der Waals surface area contributed by atoms with Gasteiger partial charge in [0, 0.05) is 21.5 Å². The van der Waals surface area contributed by atoms with E-state index in [1.165, 1.54) is 35.2 Å². The number of nitrogens with zero attached hydrogens (tertiary/aromatic N) is 1. The molecule has 3 aromatic carbocycles. The number of aromatic carboxylic acids is 1. The highest BCUT2D eigenvalue weighted by atomic mass is 32.2. The molecule has 10 heteroatoms. The number of carboxylic acids is 1. The van der Waals surface area contributed by atoms with Crippen LogP contribution in [0.1, 0.15) is 34.1 Å². The number of anilines is 2. The maximum atomic E-state index is 13.1. The maximum Gasteiger partial charge on any atom is 0.336 e. The molecule has 1 aromatic heterocycles. The van der Waals surface area contributed by atoms with Crippen molar-refractivity contribution in [3.8, 4) is 17.0 Å². The average molecular weight is 548 g/mol. The Labute approximate surface area is 228 Å². The Morgan fingerprint density at radius 2 is 1.74 bits per heavy atom. The van der Waals surface area contributed by atoms with Crippen LogP contribution in [0, 0.1) is 0 Å². The Kier molecular flexibility index (Phi) is 8.77. The second kappa shape index (κ2) is 12.4. The van der Waals surface area contributed by atoms with Crippen LogP contribution in [0.25, 0.3) is 11.3 Å². The number of aromatic nitrogens is 1. The quantitative estimate of drug-likeness (QED) is 0.200. The first-order chi connectivity index (χ1) is 18.4. The van der Waals surface area contributed by atoms with Gasteiger partial charge in [0.05, 0.1) is 29.2 Å². The normalized spacial score (nSPS) is 11.4. The van der Waals surface area contributed by atoms with Crippen molar-refractivity contribution in [2.45, 2.75) is 23.5 Å². The number of para-hydroxylation sites is 1. The minimum absolute atomic E-state index is 0.0693. The van der Waals surface area contributed by atoms with Gasteiger partial charge < -0.3 is 20.5 Å². The molecule has 2 amide bonds. The summed E-state index contributed by atoms with van der Waals surface area (Å²) in [6.07, 6.45) is 0.573. The third kappa shape index (κ3) is 6.39. The third-order valence-electron chi connectivity index (χ3n) is 5.55. The summed E-state index contributed by atoms with van der Waals surface area (Å²) in [6, 6.07) is 20.7. The summed E-state index contributed by atoms with van der Waals surface area (Å²) in [5, 5.41) is 17.0. The highest BCUT2D eigenvalue weighted by molar-refractivity contribution is 8.00. The maximum absolute atomic E-state index is 13.1. The van der Waals surface area contributed by atoms with E-state index in [0.29, 0.717) is 23.0 Å². The highest BCUT2D eigenvalue weighted by Gasteiger charge is 2.21. The van der Waals surface area contributed by atoms with Gasteiger partial charge in [-0.25, -0.2) is 9.78 Å². The molecule has 0 radical (unpaired) electrons. The molecule has 4 aromatic rings. The van der Waals surface area contributed by atoms with E-state index < -0.39 is 17.1 Å². The van der Waals surface area contributed by atoms with Crippen LogP contribution in [0.4, 0.5) is 10.8 Å². The molecule has 0 saturated carbocycles. The number of carbonyl (C=O) groups excluding carboxylic acids is 2. The molecule has 0 bridgehead atoms. The summed E-state index contributed by atoms with van der Waals surface area (Å²) in [7, 11) is 1.60. The Morgan fingerprint density at radius 3 is 2.47 bits per heavy atom. The summed E-state index contributed by atoms with van der Waals surface area (Å²) in [5.41, 5.74) is 2.06. The molecule has 8 nitrogen and oxygen atoms in total. The van der Waals surface area contributed by atoms with Gasteiger partial charge in [-0.3, -0.25) is 9.59 Å². The lowest BCUT2D eigenvalue weighted by molar-refractivity contribution is -0.115. The number of thioether (sulfide) groups is 1. The number of hydrogen-bond donors (Lipinski definition) is 3. The van der Waals surface area contributed by atoms with Crippen molar-refractivity contribution in [2.75, 3.05) is 17.7 Å². The number of ether oxygens (including phenoxy) is 1. The Morgan fingerprint density at radius 1 is 1.00 bits per heavy atom. The molecule has 1 atom stereocenters. The highest BCUT2D eigenvalue weighted by Crippen LogP contribution is 2.33. The third-order valence-corrected chi connectivity index (χ3v) is 7.67. The molecule has 0 spiro atoms. The second-order valence-corrected chi connectivity index (χ2v) is 10.2. The zero-order chi connectivity index (χ0) is 27.1. The van der Waals surface area contributed by atoms with Crippen molar-refractivity contribution in [1.29, 1.82) is 0 Å². The lowest BCUT2D eigenvalue weighted by Crippen LogP contribution is -2.24. The molecule has 194 valence electrons. The SMILES string of the molecule is CCC(Sc1cccc(NC(=O)c2ccccc2C(=O)O)c1)C(=O)Nc1nc(-c2ccccc2OC)cs1. The number of hydrogen-bond acceptors (Lipinski definition) is 7. The summed E-state index contributed by atoms with van der Waals surface area (Å²) < 4.78 is 5.41. The van der Waals surface area contributed by atoms with E-state index in [1.807, 2.05) is 42.6 Å². The van der Waals surface area contributed by atoms with E-state index in [9.17, 15) is 19.5 Å². The molecule has 1 heterocycles. The van der Waals surface area contributed by atoms with Crippen LogP contribution in [-0.4, -0.2) is 40.2 Å². The van der Waals surface area contributed by atoms with Crippen molar-refractivity contribution >= 4 is 51.7 Å². The van der Waals surface area contributed by atoms with E-state index in [-0.39, 0.29) is 17.0 Å². The van der Waals surface area contributed by atoms with Gasteiger partial charge in [0.25, 0.3) is 5.91 Å². The average Bonchev–Trinajstić information content (AvgIpc) is 3.39. The predicted octanol–water partition coefficient (Wildman–Crippen LogP) is 6.28. The lowest BCUT2D eigenvalue weighted by Gasteiger charge is -2.14. The number of amides is 2. The molecule has 0 fully saturated rings. The van der Waals surface area contributed by atoms with Crippen LogP contribution < -0.4 is 15.4 Å². The summed E-state index contributed by atoms with van der Waals surface area (Å²) in [6.45, 7) is 1.92. The van der Waals surface area contributed by atoms with Crippen molar-refractivity contribution < 1.29 is 24.2 Å². The number of thiazole rings is 1. The zero-order valence-electron chi connectivity index (χ0n) is 20.6. The monoisotopic (exact) mass is 547 g/mol. The van der Waals surface area contributed by atoms with Gasteiger partial charge in [0.2, 0.25) is 5.91 Å². The standard InChI is InChI=1S/C28H25N3O5S2/c1-3-24(26(33)31-28-30-22(16-37-28)21-13-6-7-14-23(21)36-2)38-18-10-8-9-17(15-18)29-25(32)19-11-4-5-12-20(19)27(34)35/h4-16,24H,3H2,1-2H3,(H,29,32)(H,34,35)(H,30,31,33). The largest absolute Gasteiger partial charge is 0.496 e. The van der Waals surface area contributed by atoms with E-state index in [1.54, 1.807) is 37.4 Å². The number of methoxy groups -OCH3 is 1. The molecule has 0 aliphatic carbocycles. The molecule has 0 saturated heterocycles. The van der Waals surface area contributed by atoms with Gasteiger partial charge >= 0.3 is 5.97 Å². The lowest BCUT2D eigenvalue weighted by atomic mass is 10.1. The minimum Gasteiger partial charge on any atom is -0.496 e. The number of nitrogens with one attached hydrogen (secondary N) is 2. The van der Waals surface area contributed by atoms with Gasteiger partial charge in [-0.05, 0) is 48.9 Å². The number of carbonyl (C=O) groups is 3. The van der Waals surface area contributed by atoms with Gasteiger partial charge in [-0.2, -0.15) is 0 Å². The molecule has 0 aliphatic heterocycles. The van der Waals surface area contributed by atoms with E-state index in [0.717, 1.165) is 16.2 Å². The van der Waals surface area contributed by atoms with Crippen molar-refractivity contribution in [3.05, 3.63) is 89.3 Å². The fourth-order valence-corrected chi connectivity index (χ4v) is 5.42. The van der Waals surface area contributed by atoms with Gasteiger partial charge in [-0.15, -0.1) is 23.1 Å². The van der Waals surface area contributed by atoms with Gasteiger partial charge in [0.1, 0.15) is 5.75 Å². The number of carboxylic acid groups (broad SMARTS) is 1. The fourth-order valence-electron chi connectivity index (χ4n) is 3.70. The molecule has 4 rings (SSSR count). The van der Waals surface area contributed by atoms with Crippen LogP contribution in [0.2, 0.25) is 0 Å². The summed E-state index contributed by atoms with van der Waals surface area (Å²) in [5.74, 6) is -1.17. The molecular formula is C28H25N3O5S2. The van der Waals surface area contributed by atoms with Crippen LogP contribution in [-0.2, 0) is 4.79 Å². The van der Waals surface area contributed by atoms with Crippen molar-refractivity contribution in [2.24, 2.45) is 0 Å². The van der Waals surface area contributed by atoms with Crippen LogP contribution >= 0.6 is 23.1 Å². The Bertz CT molecular complexity index is 1470. The van der Waals surface area contributed by atoms with Crippen molar-refractivity contribution in [1.82, 2.24) is 4.98 Å². The van der Waals surface area contributed by atoms with Crippen LogP contribution in [0.3, 0.4) is 0 Å². The fraction of sp³-hybridized carbons (Fsp3) is 0.143. The summed E-state index contributed by atoms with van der Waals surface area (Å²) >= 11 is 2.71. The first kappa shape index (κ1) is 26.9. The molecular weight excluding hydrogens is 522 g/mol. The number of benzene rings is 3. The van der Waals surface area contributed by atoms with E-state index >= 15 is 0 Å². The minimum atomic E-state index is -1.17. The van der Waals surface area contributed by atoms with Gasteiger partial charge in [0.15, 0.2) is 5.13 Å². The first-order valence-corrected chi connectivity index (χ1v) is 13.5. The molecule has 1 unspecified atom stereocenters. The van der Waals surface area contributed by atoms with Crippen LogP contribution in [0.5, 0.6) is 5.75 Å². The van der Waals surface area contributed by atoms with Crippen molar-refractivity contribution in [3.63, 3.8) is 0 Å². The Balaban J connectivity index is 1.43. The molecule has 0 aliphatic rings. The predicted molar refractivity (Wildman–Crippen MR) is 150 cm³/mol. The van der Waals surface area contributed by atoms with E-state index in [4.69, 9.17) is 4.74 Å². The molecule has 3 N–H and O–H groups in total. The second-order valence-electron chi connectivity index (χ2n) is 8.07. The first-order valence-electron chi connectivity index (χ1n) is 11.7. The van der Waals surface area contributed by atoms with Gasteiger partial charge in [-0.1, -0.05) is 37.3 Å². The molecule has 38 heavy (non-hydrogen) atoms. The van der Waals surface area contributed by atoms with Crippen LogP contribution in [0.15, 0.2) is 83.1 Å². The topological polar surface area (TPSA) is 118 Å². The Hall–Kier alpha value is -4.15. The van der Waals surface area contributed by atoms with E-state index in [2.05, 4.69) is 15.6 Å². The zero-order valence-corrected chi connectivity index (χ0v) is 22.3. The summed E-state index contributed by atoms with van der Waals surface area (Å²) in [4.78, 5) is 42.6. The number of rotatable bonds is 10. The smallest absolute Gasteiger partial charge is 0.336 e.